The molecule has 0 radical (unpaired) electrons. The van der Waals surface area contributed by atoms with Crippen molar-refractivity contribution < 1.29 is 9.90 Å². The van der Waals surface area contributed by atoms with E-state index in [-0.39, 0.29) is 5.56 Å². The van der Waals surface area contributed by atoms with Crippen LogP contribution in [0.25, 0.3) is 0 Å². The highest BCUT2D eigenvalue weighted by Gasteiger charge is 2.12. The Kier molecular flexibility index (Phi) is 3.61. The summed E-state index contributed by atoms with van der Waals surface area (Å²) in [6.07, 6.45) is 1.58. The third kappa shape index (κ3) is 2.51. The van der Waals surface area contributed by atoms with Crippen LogP contribution in [0.4, 0.5) is 0 Å². The predicted octanol–water partition coefficient (Wildman–Crippen LogP) is 1.51. The van der Waals surface area contributed by atoms with Gasteiger partial charge in [0.05, 0.1) is 11.3 Å². The van der Waals surface area contributed by atoms with E-state index in [4.69, 9.17) is 5.11 Å². The predicted molar refractivity (Wildman–Crippen MR) is 66.5 cm³/mol. The van der Waals surface area contributed by atoms with Gasteiger partial charge < -0.3 is 9.67 Å². The van der Waals surface area contributed by atoms with Crippen LogP contribution in [0.3, 0.4) is 0 Å². The molecule has 0 atom stereocenters. The number of nitrogens with zero attached hydrogens (tertiary/aromatic N) is 4. The number of carboxylic acid groups (broad SMARTS) is 1. The molecule has 0 aromatic carbocycles. The molecular formula is C11H12N4O2S. The van der Waals surface area contributed by atoms with Crippen molar-refractivity contribution in [3.05, 3.63) is 35.5 Å². The van der Waals surface area contributed by atoms with Crippen molar-refractivity contribution in [1.82, 2.24) is 19.7 Å². The Morgan fingerprint density at radius 2 is 2.28 bits per heavy atom. The summed E-state index contributed by atoms with van der Waals surface area (Å²) in [5, 5.41) is 17.5. The van der Waals surface area contributed by atoms with Crippen LogP contribution in [0.2, 0.25) is 0 Å². The largest absolute Gasteiger partial charge is 0.478 e. The first kappa shape index (κ1) is 12.6. The third-order valence-electron chi connectivity index (χ3n) is 2.52. The molecule has 7 heteroatoms. The van der Waals surface area contributed by atoms with E-state index in [1.807, 2.05) is 18.5 Å². The SMILES string of the molecule is Cc1nnc(CSc2ncccc2C(=O)O)n1C. The number of carbonyl (C=O) groups is 1. The van der Waals surface area contributed by atoms with Crippen molar-refractivity contribution in [3.8, 4) is 0 Å². The molecule has 2 rings (SSSR count). The van der Waals surface area contributed by atoms with Gasteiger partial charge in [0.2, 0.25) is 0 Å². The molecule has 94 valence electrons. The lowest BCUT2D eigenvalue weighted by molar-refractivity contribution is 0.0692. The first-order valence-electron chi connectivity index (χ1n) is 5.25. The minimum atomic E-state index is -0.972. The molecule has 0 spiro atoms. The number of aryl methyl sites for hydroxylation is 1. The molecule has 0 aliphatic carbocycles. The van der Waals surface area contributed by atoms with Crippen LogP contribution in [0.5, 0.6) is 0 Å². The summed E-state index contributed by atoms with van der Waals surface area (Å²) < 4.78 is 1.87. The fourth-order valence-electron chi connectivity index (χ4n) is 1.38. The van der Waals surface area contributed by atoms with Crippen molar-refractivity contribution in [2.75, 3.05) is 0 Å². The summed E-state index contributed by atoms with van der Waals surface area (Å²) in [6, 6.07) is 3.15. The smallest absolute Gasteiger partial charge is 0.338 e. The zero-order valence-corrected chi connectivity index (χ0v) is 10.8. The standard InChI is InChI=1S/C11H12N4O2S/c1-7-13-14-9(15(7)2)6-18-10-8(11(16)17)4-3-5-12-10/h3-5H,6H2,1-2H3,(H,16,17). The highest BCUT2D eigenvalue weighted by atomic mass is 32.2. The van der Waals surface area contributed by atoms with E-state index in [1.165, 1.54) is 11.8 Å². The fourth-order valence-corrected chi connectivity index (χ4v) is 2.34. The van der Waals surface area contributed by atoms with Crippen molar-refractivity contribution in [1.29, 1.82) is 0 Å². The third-order valence-corrected chi connectivity index (χ3v) is 3.52. The van der Waals surface area contributed by atoms with E-state index in [9.17, 15) is 4.79 Å². The molecule has 0 unspecified atom stereocenters. The van der Waals surface area contributed by atoms with Gasteiger partial charge in [-0.15, -0.1) is 10.2 Å². The molecule has 0 amide bonds. The van der Waals surface area contributed by atoms with E-state index in [1.54, 1.807) is 18.3 Å². The molecule has 0 bridgehead atoms. The molecule has 0 saturated heterocycles. The minimum Gasteiger partial charge on any atom is -0.478 e. The monoisotopic (exact) mass is 264 g/mol. The lowest BCUT2D eigenvalue weighted by Gasteiger charge is -2.04. The number of hydrogen-bond donors (Lipinski definition) is 1. The molecule has 0 aliphatic heterocycles. The van der Waals surface area contributed by atoms with Gasteiger partial charge in [0.25, 0.3) is 0 Å². The average Bonchev–Trinajstić information content (AvgIpc) is 2.68. The van der Waals surface area contributed by atoms with Crippen LogP contribution in [0, 0.1) is 6.92 Å². The molecule has 2 aromatic heterocycles. The van der Waals surface area contributed by atoms with Gasteiger partial charge in [-0.2, -0.15) is 0 Å². The minimum absolute atomic E-state index is 0.210. The van der Waals surface area contributed by atoms with Crippen LogP contribution in [0.1, 0.15) is 22.0 Å². The summed E-state index contributed by atoms with van der Waals surface area (Å²) in [6.45, 7) is 1.87. The second kappa shape index (κ2) is 5.18. The lowest BCUT2D eigenvalue weighted by atomic mass is 10.3. The summed E-state index contributed by atoms with van der Waals surface area (Å²) in [5.74, 6) is 1.18. The van der Waals surface area contributed by atoms with Gasteiger partial charge in [0.15, 0.2) is 0 Å². The van der Waals surface area contributed by atoms with Crippen LogP contribution in [-0.2, 0) is 12.8 Å². The van der Waals surface area contributed by atoms with E-state index in [0.29, 0.717) is 10.8 Å². The molecule has 0 saturated carbocycles. The Bertz CT molecular complexity index is 582. The van der Waals surface area contributed by atoms with Crippen molar-refractivity contribution in [2.24, 2.45) is 7.05 Å². The Balaban J connectivity index is 2.16. The maximum Gasteiger partial charge on any atom is 0.338 e. The maximum atomic E-state index is 11.0. The van der Waals surface area contributed by atoms with Crippen molar-refractivity contribution in [2.45, 2.75) is 17.7 Å². The van der Waals surface area contributed by atoms with Crippen LogP contribution >= 0.6 is 11.8 Å². The van der Waals surface area contributed by atoms with E-state index in [0.717, 1.165) is 11.6 Å². The first-order valence-corrected chi connectivity index (χ1v) is 6.24. The van der Waals surface area contributed by atoms with Gasteiger partial charge in [-0.3, -0.25) is 0 Å². The second-order valence-corrected chi connectivity index (χ2v) is 4.64. The number of rotatable bonds is 4. The summed E-state index contributed by atoms with van der Waals surface area (Å²) in [4.78, 5) is 15.1. The van der Waals surface area contributed by atoms with Gasteiger partial charge in [0.1, 0.15) is 16.7 Å². The maximum absolute atomic E-state index is 11.0. The van der Waals surface area contributed by atoms with E-state index < -0.39 is 5.97 Å². The Morgan fingerprint density at radius 1 is 1.50 bits per heavy atom. The molecule has 2 heterocycles. The fraction of sp³-hybridized carbons (Fsp3) is 0.273. The molecule has 18 heavy (non-hydrogen) atoms. The first-order chi connectivity index (χ1) is 8.59. The molecule has 1 N–H and O–H groups in total. The topological polar surface area (TPSA) is 80.9 Å². The summed E-state index contributed by atoms with van der Waals surface area (Å²) >= 11 is 1.34. The number of hydrogen-bond acceptors (Lipinski definition) is 5. The highest BCUT2D eigenvalue weighted by molar-refractivity contribution is 7.98. The molecule has 0 aliphatic rings. The normalized spacial score (nSPS) is 10.6. The number of pyridine rings is 1. The molecule has 2 aromatic rings. The number of carboxylic acids is 1. The van der Waals surface area contributed by atoms with Gasteiger partial charge in [-0.05, 0) is 19.1 Å². The highest BCUT2D eigenvalue weighted by Crippen LogP contribution is 2.23. The quantitative estimate of drug-likeness (QED) is 0.843. The average molecular weight is 264 g/mol. The van der Waals surface area contributed by atoms with E-state index >= 15 is 0 Å². The second-order valence-electron chi connectivity index (χ2n) is 3.67. The Hall–Kier alpha value is -1.89. The zero-order chi connectivity index (χ0) is 13.1. The number of aromatic carboxylic acids is 1. The number of aromatic nitrogens is 4. The molecule has 6 nitrogen and oxygen atoms in total. The Labute approximate surface area is 108 Å². The lowest BCUT2D eigenvalue weighted by Crippen LogP contribution is -2.02. The van der Waals surface area contributed by atoms with Crippen LogP contribution < -0.4 is 0 Å². The molecular weight excluding hydrogens is 252 g/mol. The van der Waals surface area contributed by atoms with Gasteiger partial charge >= 0.3 is 5.97 Å². The van der Waals surface area contributed by atoms with Crippen LogP contribution in [0.15, 0.2) is 23.4 Å². The zero-order valence-electron chi connectivity index (χ0n) is 9.99. The van der Waals surface area contributed by atoms with Gasteiger partial charge in [0, 0.05) is 13.2 Å². The molecule has 0 fully saturated rings. The van der Waals surface area contributed by atoms with E-state index in [2.05, 4.69) is 15.2 Å². The Morgan fingerprint density at radius 3 is 2.89 bits per heavy atom. The van der Waals surface area contributed by atoms with Crippen molar-refractivity contribution in [3.63, 3.8) is 0 Å². The van der Waals surface area contributed by atoms with Gasteiger partial charge in [-0.25, -0.2) is 9.78 Å². The number of thioether (sulfide) groups is 1. The van der Waals surface area contributed by atoms with Crippen molar-refractivity contribution >= 4 is 17.7 Å². The summed E-state index contributed by atoms with van der Waals surface area (Å²) in [5.41, 5.74) is 0.210. The summed E-state index contributed by atoms with van der Waals surface area (Å²) in [7, 11) is 1.88. The van der Waals surface area contributed by atoms with Gasteiger partial charge in [-0.1, -0.05) is 11.8 Å². The van der Waals surface area contributed by atoms with Crippen LogP contribution in [-0.4, -0.2) is 30.8 Å².